The Balaban J connectivity index is 1.73. The van der Waals surface area contributed by atoms with Gasteiger partial charge in [0.2, 0.25) is 5.91 Å². The van der Waals surface area contributed by atoms with E-state index in [1.807, 2.05) is 25.2 Å². The largest absolute Gasteiger partial charge is 0.373 e. The summed E-state index contributed by atoms with van der Waals surface area (Å²) in [6.07, 6.45) is 2.98. The molecule has 4 nitrogen and oxygen atoms in total. The molecule has 1 aromatic rings. The summed E-state index contributed by atoms with van der Waals surface area (Å²) in [5.41, 5.74) is 7.09. The highest BCUT2D eigenvalue weighted by Crippen LogP contribution is 2.23. The first-order valence-electron chi connectivity index (χ1n) is 6.98. The van der Waals surface area contributed by atoms with Crippen LogP contribution < -0.4 is 16.0 Å². The van der Waals surface area contributed by atoms with E-state index in [0.29, 0.717) is 6.54 Å². The molecule has 1 aliphatic carbocycles. The lowest BCUT2D eigenvalue weighted by atomic mass is 10.0. The van der Waals surface area contributed by atoms with E-state index in [-0.39, 0.29) is 17.9 Å². The van der Waals surface area contributed by atoms with Crippen LogP contribution in [0.4, 0.5) is 5.69 Å². The van der Waals surface area contributed by atoms with Crippen LogP contribution in [0.25, 0.3) is 0 Å². The number of amides is 1. The van der Waals surface area contributed by atoms with E-state index in [4.69, 9.17) is 5.73 Å². The normalized spacial score (nSPS) is 22.2. The molecule has 3 N–H and O–H groups in total. The van der Waals surface area contributed by atoms with Crippen LogP contribution in [0.1, 0.15) is 19.3 Å². The van der Waals surface area contributed by atoms with Crippen LogP contribution in [0.2, 0.25) is 0 Å². The molecule has 0 heterocycles. The first-order chi connectivity index (χ1) is 9.18. The maximum Gasteiger partial charge on any atom is 0.224 e. The lowest BCUT2D eigenvalue weighted by Crippen LogP contribution is -2.41. The minimum absolute atomic E-state index is 0.0158. The van der Waals surface area contributed by atoms with E-state index in [2.05, 4.69) is 22.3 Å². The number of para-hydroxylation sites is 1. The maximum absolute atomic E-state index is 12.0. The van der Waals surface area contributed by atoms with Gasteiger partial charge in [-0.3, -0.25) is 4.79 Å². The minimum Gasteiger partial charge on any atom is -0.373 e. The van der Waals surface area contributed by atoms with Crippen molar-refractivity contribution in [2.45, 2.75) is 25.3 Å². The number of anilines is 1. The summed E-state index contributed by atoms with van der Waals surface area (Å²) in [7, 11) is 2.03. The van der Waals surface area contributed by atoms with E-state index in [0.717, 1.165) is 31.5 Å². The molecule has 2 atom stereocenters. The van der Waals surface area contributed by atoms with Crippen LogP contribution in [-0.4, -0.2) is 32.1 Å². The number of benzene rings is 1. The van der Waals surface area contributed by atoms with Gasteiger partial charge in [-0.25, -0.2) is 0 Å². The van der Waals surface area contributed by atoms with Gasteiger partial charge in [-0.05, 0) is 25.0 Å². The molecule has 104 valence electrons. The number of hydrogen-bond acceptors (Lipinski definition) is 3. The second-order valence-corrected chi connectivity index (χ2v) is 5.25. The first kappa shape index (κ1) is 13.9. The second-order valence-electron chi connectivity index (χ2n) is 5.25. The Kier molecular flexibility index (Phi) is 4.80. The van der Waals surface area contributed by atoms with Crippen LogP contribution in [0.3, 0.4) is 0 Å². The second kappa shape index (κ2) is 6.57. The molecular weight excluding hydrogens is 238 g/mol. The number of likely N-dealkylation sites (N-methyl/N-ethyl adjacent to an activating group) is 1. The van der Waals surface area contributed by atoms with E-state index in [1.54, 1.807) is 0 Å². The third-order valence-corrected chi connectivity index (χ3v) is 3.85. The number of nitrogens with zero attached hydrogens (tertiary/aromatic N) is 1. The van der Waals surface area contributed by atoms with Crippen LogP contribution in [0, 0.1) is 5.92 Å². The molecule has 2 rings (SSSR count). The van der Waals surface area contributed by atoms with Crippen molar-refractivity contribution < 1.29 is 4.79 Å². The van der Waals surface area contributed by atoms with Gasteiger partial charge in [0.15, 0.2) is 0 Å². The van der Waals surface area contributed by atoms with Crippen molar-refractivity contribution >= 4 is 11.6 Å². The minimum atomic E-state index is 0.0158. The average molecular weight is 261 g/mol. The van der Waals surface area contributed by atoms with Crippen molar-refractivity contribution in [2.24, 2.45) is 11.7 Å². The summed E-state index contributed by atoms with van der Waals surface area (Å²) in [6.45, 7) is 1.46. The Labute approximate surface area is 115 Å². The molecule has 0 radical (unpaired) electrons. The number of hydrogen-bond donors (Lipinski definition) is 2. The van der Waals surface area contributed by atoms with Crippen molar-refractivity contribution in [2.75, 3.05) is 25.0 Å². The van der Waals surface area contributed by atoms with Crippen molar-refractivity contribution in [3.63, 3.8) is 0 Å². The maximum atomic E-state index is 12.0. The SMILES string of the molecule is CN(CCNC(=O)C1CCCC1N)c1ccccc1. The van der Waals surface area contributed by atoms with Gasteiger partial charge in [0, 0.05) is 31.9 Å². The summed E-state index contributed by atoms with van der Waals surface area (Å²) < 4.78 is 0. The first-order valence-corrected chi connectivity index (χ1v) is 6.98. The molecule has 4 heteroatoms. The molecule has 1 aliphatic rings. The summed E-state index contributed by atoms with van der Waals surface area (Å²) >= 11 is 0. The summed E-state index contributed by atoms with van der Waals surface area (Å²) in [6, 6.07) is 10.2. The van der Waals surface area contributed by atoms with Crippen molar-refractivity contribution in [1.82, 2.24) is 5.32 Å². The topological polar surface area (TPSA) is 58.4 Å². The Morgan fingerprint density at radius 1 is 1.37 bits per heavy atom. The third-order valence-electron chi connectivity index (χ3n) is 3.85. The molecule has 0 spiro atoms. The average Bonchev–Trinajstić information content (AvgIpc) is 2.86. The third kappa shape index (κ3) is 3.70. The predicted molar refractivity (Wildman–Crippen MR) is 78.0 cm³/mol. The predicted octanol–water partition coefficient (Wildman–Crippen LogP) is 1.37. The molecular formula is C15H23N3O. The van der Waals surface area contributed by atoms with Crippen molar-refractivity contribution in [3.05, 3.63) is 30.3 Å². The number of rotatable bonds is 5. The fourth-order valence-corrected chi connectivity index (χ4v) is 2.60. The Morgan fingerprint density at radius 2 is 2.11 bits per heavy atom. The molecule has 2 unspecified atom stereocenters. The molecule has 0 aromatic heterocycles. The molecule has 1 saturated carbocycles. The highest BCUT2D eigenvalue weighted by atomic mass is 16.1. The van der Waals surface area contributed by atoms with Gasteiger partial charge in [0.25, 0.3) is 0 Å². The quantitative estimate of drug-likeness (QED) is 0.841. The molecule has 1 amide bonds. The van der Waals surface area contributed by atoms with Crippen LogP contribution in [0.15, 0.2) is 30.3 Å². The summed E-state index contributed by atoms with van der Waals surface area (Å²) in [5, 5.41) is 3.00. The zero-order chi connectivity index (χ0) is 13.7. The molecule has 1 fully saturated rings. The standard InChI is InChI=1S/C15H23N3O/c1-18(12-6-3-2-4-7-12)11-10-17-15(19)13-8-5-9-14(13)16/h2-4,6-7,13-14H,5,8-11,16H2,1H3,(H,17,19). The fraction of sp³-hybridized carbons (Fsp3) is 0.533. The number of nitrogens with one attached hydrogen (secondary N) is 1. The van der Waals surface area contributed by atoms with Gasteiger partial charge in [-0.2, -0.15) is 0 Å². The lowest BCUT2D eigenvalue weighted by Gasteiger charge is -2.21. The van der Waals surface area contributed by atoms with E-state index >= 15 is 0 Å². The summed E-state index contributed by atoms with van der Waals surface area (Å²) in [5.74, 6) is 0.133. The van der Waals surface area contributed by atoms with Crippen molar-refractivity contribution in [3.8, 4) is 0 Å². The van der Waals surface area contributed by atoms with Crippen LogP contribution in [-0.2, 0) is 4.79 Å². The molecule has 0 bridgehead atoms. The zero-order valence-electron chi connectivity index (χ0n) is 11.5. The van der Waals surface area contributed by atoms with Gasteiger partial charge in [-0.1, -0.05) is 24.6 Å². The number of carbonyl (C=O) groups excluding carboxylic acids is 1. The fourth-order valence-electron chi connectivity index (χ4n) is 2.60. The van der Waals surface area contributed by atoms with Crippen LogP contribution >= 0.6 is 0 Å². The molecule has 0 saturated heterocycles. The number of carbonyl (C=O) groups is 1. The number of nitrogens with two attached hydrogens (primary N) is 1. The van der Waals surface area contributed by atoms with Crippen LogP contribution in [0.5, 0.6) is 0 Å². The molecule has 19 heavy (non-hydrogen) atoms. The molecule has 1 aromatic carbocycles. The van der Waals surface area contributed by atoms with E-state index in [9.17, 15) is 4.79 Å². The lowest BCUT2D eigenvalue weighted by molar-refractivity contribution is -0.125. The Morgan fingerprint density at radius 3 is 2.74 bits per heavy atom. The van der Waals surface area contributed by atoms with Gasteiger partial charge < -0.3 is 16.0 Å². The van der Waals surface area contributed by atoms with Crippen molar-refractivity contribution in [1.29, 1.82) is 0 Å². The zero-order valence-corrected chi connectivity index (χ0v) is 11.5. The highest BCUT2D eigenvalue weighted by Gasteiger charge is 2.29. The Bertz CT molecular complexity index is 407. The van der Waals surface area contributed by atoms with E-state index < -0.39 is 0 Å². The summed E-state index contributed by atoms with van der Waals surface area (Å²) in [4.78, 5) is 14.1. The monoisotopic (exact) mass is 261 g/mol. The Hall–Kier alpha value is -1.55. The van der Waals surface area contributed by atoms with Gasteiger partial charge in [-0.15, -0.1) is 0 Å². The van der Waals surface area contributed by atoms with Gasteiger partial charge in [0.05, 0.1) is 5.92 Å². The van der Waals surface area contributed by atoms with Gasteiger partial charge >= 0.3 is 0 Å². The van der Waals surface area contributed by atoms with E-state index in [1.165, 1.54) is 0 Å². The highest BCUT2D eigenvalue weighted by molar-refractivity contribution is 5.79. The molecule has 0 aliphatic heterocycles. The smallest absolute Gasteiger partial charge is 0.224 e. The van der Waals surface area contributed by atoms with Gasteiger partial charge in [0.1, 0.15) is 0 Å².